The molecular weight excluding hydrogens is 482 g/mol. The molecule has 0 radical (unpaired) electrons. The third-order valence-electron chi connectivity index (χ3n) is 7.13. The van der Waals surface area contributed by atoms with Crippen LogP contribution in [0.25, 0.3) is 0 Å². The Morgan fingerprint density at radius 3 is 2.81 bits per heavy atom. The van der Waals surface area contributed by atoms with Gasteiger partial charge in [0.05, 0.1) is 7.11 Å². The van der Waals surface area contributed by atoms with Crippen LogP contribution in [0.1, 0.15) is 46.2 Å². The molecule has 3 unspecified atom stereocenters. The van der Waals surface area contributed by atoms with Crippen molar-refractivity contribution in [1.82, 2.24) is 25.5 Å². The molecule has 11 heteroatoms. The highest BCUT2D eigenvalue weighted by molar-refractivity contribution is 5.90. The number of aromatic amines is 1. The monoisotopic (exact) mass is 513 g/mol. The number of anilines is 1. The number of rotatable bonds is 6. The minimum Gasteiger partial charge on any atom is -0.493 e. The van der Waals surface area contributed by atoms with Gasteiger partial charge in [-0.3, -0.25) is 15.0 Å². The van der Waals surface area contributed by atoms with Crippen LogP contribution in [0.2, 0.25) is 0 Å². The predicted molar refractivity (Wildman–Crippen MR) is 138 cm³/mol. The Kier molecular flexibility index (Phi) is 7.77. The van der Waals surface area contributed by atoms with Gasteiger partial charge in [0.2, 0.25) is 0 Å². The Balaban J connectivity index is 0.00000304. The molecule has 3 aromatic rings. The highest BCUT2D eigenvalue weighted by atomic mass is 35.5. The fraction of sp³-hybridized carbons (Fsp3) is 0.440. The van der Waals surface area contributed by atoms with Crippen molar-refractivity contribution in [3.63, 3.8) is 0 Å². The fourth-order valence-electron chi connectivity index (χ4n) is 5.35. The fourth-order valence-corrected chi connectivity index (χ4v) is 5.35. The van der Waals surface area contributed by atoms with Gasteiger partial charge >= 0.3 is 0 Å². The lowest BCUT2D eigenvalue weighted by atomic mass is 9.77. The van der Waals surface area contributed by atoms with Gasteiger partial charge in [-0.2, -0.15) is 5.21 Å². The number of nitrogens with two attached hydrogens (primary N) is 1. The van der Waals surface area contributed by atoms with E-state index in [0.29, 0.717) is 17.4 Å². The van der Waals surface area contributed by atoms with Crippen molar-refractivity contribution in [2.75, 3.05) is 32.1 Å². The van der Waals surface area contributed by atoms with Gasteiger partial charge in [0.25, 0.3) is 11.9 Å². The van der Waals surface area contributed by atoms with Crippen LogP contribution in [-0.4, -0.2) is 64.3 Å². The molecule has 2 aliphatic heterocycles. The number of tetrazole rings is 1. The molecule has 0 saturated carbocycles. The molecule has 1 amide bonds. The van der Waals surface area contributed by atoms with Crippen molar-refractivity contribution >= 4 is 24.3 Å². The van der Waals surface area contributed by atoms with Crippen LogP contribution < -0.4 is 20.5 Å². The number of fused-ring (bicyclic) bond motifs is 3. The minimum absolute atomic E-state index is 0. The SMILES string of the molecule is COc1cc2c(cc1OCC(=O)Nc1nn[nH]n1)CCN1CC(c3cc(C)ccc3C)C(N)CC21.Cl. The lowest BCUT2D eigenvalue weighted by Gasteiger charge is -2.46. The van der Waals surface area contributed by atoms with Crippen molar-refractivity contribution in [3.8, 4) is 11.5 Å². The number of benzene rings is 2. The second kappa shape index (κ2) is 10.8. The summed E-state index contributed by atoms with van der Waals surface area (Å²) in [6.07, 6.45) is 1.78. The molecule has 192 valence electrons. The van der Waals surface area contributed by atoms with E-state index in [9.17, 15) is 4.79 Å². The summed E-state index contributed by atoms with van der Waals surface area (Å²) in [5, 5.41) is 15.6. The van der Waals surface area contributed by atoms with Crippen LogP contribution in [0.4, 0.5) is 5.95 Å². The molecule has 0 spiro atoms. The Labute approximate surface area is 216 Å². The van der Waals surface area contributed by atoms with Gasteiger partial charge in [0.15, 0.2) is 18.1 Å². The molecular formula is C25H32ClN7O3. The number of nitrogens with zero attached hydrogens (tertiary/aromatic N) is 4. The molecule has 3 atom stereocenters. The highest BCUT2D eigenvalue weighted by Gasteiger charge is 2.39. The molecule has 1 fully saturated rings. The largest absolute Gasteiger partial charge is 0.493 e. The lowest BCUT2D eigenvalue weighted by molar-refractivity contribution is -0.118. The zero-order valence-corrected chi connectivity index (χ0v) is 21.5. The number of amides is 1. The average Bonchev–Trinajstić information content (AvgIpc) is 3.36. The summed E-state index contributed by atoms with van der Waals surface area (Å²) < 4.78 is 11.4. The van der Waals surface area contributed by atoms with E-state index in [4.69, 9.17) is 15.2 Å². The van der Waals surface area contributed by atoms with Gasteiger partial charge < -0.3 is 15.2 Å². The topological polar surface area (TPSA) is 131 Å². The molecule has 0 aliphatic carbocycles. The standard InChI is InChI=1S/C25H31N7O3.ClH/c1-14-4-5-15(2)17(8-14)19-12-32-7-6-16-9-23(35-13-24(33)27-25-28-30-31-29-25)22(34-3)10-18(16)21(32)11-20(19)26;/h4-5,8-10,19-21H,6-7,11-13,26H2,1-3H3,(H2,27,28,29,30,31,33);1H. The molecule has 1 aromatic heterocycles. The third-order valence-corrected chi connectivity index (χ3v) is 7.13. The van der Waals surface area contributed by atoms with E-state index in [1.54, 1.807) is 7.11 Å². The highest BCUT2D eigenvalue weighted by Crippen LogP contribution is 2.44. The number of methoxy groups -OCH3 is 1. The first-order chi connectivity index (χ1) is 16.9. The first-order valence-electron chi connectivity index (χ1n) is 11.9. The van der Waals surface area contributed by atoms with E-state index in [0.717, 1.165) is 25.9 Å². The second-order valence-electron chi connectivity index (χ2n) is 9.40. The maximum absolute atomic E-state index is 12.2. The number of hydrogen-bond donors (Lipinski definition) is 3. The van der Waals surface area contributed by atoms with E-state index >= 15 is 0 Å². The summed E-state index contributed by atoms with van der Waals surface area (Å²) in [6.45, 7) is 6.01. The molecule has 5 rings (SSSR count). The number of aryl methyl sites for hydroxylation is 2. The number of halogens is 1. The van der Waals surface area contributed by atoms with E-state index in [1.165, 1.54) is 27.8 Å². The van der Waals surface area contributed by atoms with Crippen LogP contribution >= 0.6 is 12.4 Å². The Morgan fingerprint density at radius 2 is 2.06 bits per heavy atom. The predicted octanol–water partition coefficient (Wildman–Crippen LogP) is 2.68. The number of carbonyl (C=O) groups is 1. The van der Waals surface area contributed by atoms with Gasteiger partial charge in [-0.25, -0.2) is 0 Å². The van der Waals surface area contributed by atoms with Crippen molar-refractivity contribution in [2.45, 2.75) is 44.7 Å². The first-order valence-corrected chi connectivity index (χ1v) is 11.9. The zero-order chi connectivity index (χ0) is 24.5. The number of ether oxygens (including phenoxy) is 2. The van der Waals surface area contributed by atoms with Crippen molar-refractivity contribution < 1.29 is 14.3 Å². The average molecular weight is 514 g/mol. The number of piperidine rings is 1. The van der Waals surface area contributed by atoms with Gasteiger partial charge in [0, 0.05) is 31.1 Å². The minimum atomic E-state index is -0.381. The first kappa shape index (κ1) is 25.9. The maximum atomic E-state index is 12.2. The van der Waals surface area contributed by atoms with E-state index in [-0.39, 0.29) is 43.0 Å². The van der Waals surface area contributed by atoms with Crippen molar-refractivity contribution in [2.24, 2.45) is 5.73 Å². The molecule has 0 bridgehead atoms. The van der Waals surface area contributed by atoms with E-state index < -0.39 is 0 Å². The molecule has 2 aliphatic rings. The normalized spacial score (nSPS) is 21.1. The molecule has 1 saturated heterocycles. The molecule has 10 nitrogen and oxygen atoms in total. The number of nitrogens with one attached hydrogen (secondary N) is 2. The smallest absolute Gasteiger partial charge is 0.269 e. The number of H-pyrrole nitrogens is 1. The number of carbonyl (C=O) groups excluding carboxylic acids is 1. The summed E-state index contributed by atoms with van der Waals surface area (Å²) in [5.41, 5.74) is 13.2. The van der Waals surface area contributed by atoms with E-state index in [2.05, 4.69) is 62.9 Å². The number of hydrogen-bond acceptors (Lipinski definition) is 8. The summed E-state index contributed by atoms with van der Waals surface area (Å²) >= 11 is 0. The second-order valence-corrected chi connectivity index (χ2v) is 9.40. The molecule has 36 heavy (non-hydrogen) atoms. The molecule has 4 N–H and O–H groups in total. The van der Waals surface area contributed by atoms with Gasteiger partial charge in [-0.1, -0.05) is 28.9 Å². The Hall–Kier alpha value is -3.21. The van der Waals surface area contributed by atoms with Crippen molar-refractivity contribution in [3.05, 3.63) is 58.1 Å². The van der Waals surface area contributed by atoms with Crippen molar-refractivity contribution in [1.29, 1.82) is 0 Å². The summed E-state index contributed by atoms with van der Waals surface area (Å²) in [6, 6.07) is 11.0. The zero-order valence-electron chi connectivity index (χ0n) is 20.7. The molecule has 2 aromatic carbocycles. The Bertz CT molecular complexity index is 1220. The number of aromatic nitrogens is 4. The summed E-state index contributed by atoms with van der Waals surface area (Å²) in [5.74, 6) is 1.17. The van der Waals surface area contributed by atoms with Crippen LogP contribution in [0, 0.1) is 13.8 Å². The summed E-state index contributed by atoms with van der Waals surface area (Å²) in [7, 11) is 1.61. The Morgan fingerprint density at radius 1 is 1.22 bits per heavy atom. The quantitative estimate of drug-likeness (QED) is 0.458. The maximum Gasteiger partial charge on any atom is 0.269 e. The van der Waals surface area contributed by atoms with Crippen LogP contribution in [-0.2, 0) is 11.2 Å². The van der Waals surface area contributed by atoms with Gasteiger partial charge in [0.1, 0.15) is 0 Å². The third kappa shape index (κ3) is 5.16. The van der Waals surface area contributed by atoms with Gasteiger partial charge in [-0.15, -0.1) is 17.5 Å². The van der Waals surface area contributed by atoms with Crippen LogP contribution in [0.3, 0.4) is 0 Å². The van der Waals surface area contributed by atoms with Gasteiger partial charge in [-0.05, 0) is 66.3 Å². The van der Waals surface area contributed by atoms with Crippen LogP contribution in [0.5, 0.6) is 11.5 Å². The van der Waals surface area contributed by atoms with E-state index in [1.807, 2.05) is 12.1 Å². The summed E-state index contributed by atoms with van der Waals surface area (Å²) in [4.78, 5) is 14.7. The van der Waals surface area contributed by atoms with Crippen LogP contribution in [0.15, 0.2) is 30.3 Å². The lowest BCUT2D eigenvalue weighted by Crippen LogP contribution is -2.49. The molecule has 3 heterocycles.